The lowest BCUT2D eigenvalue weighted by atomic mass is 10.0. The molecule has 2 atom stereocenters. The molecular weight excluding hydrogens is 278 g/mol. The Morgan fingerprint density at radius 3 is 2.64 bits per heavy atom. The van der Waals surface area contributed by atoms with E-state index in [1.165, 1.54) is 12.8 Å². The number of pyridine rings is 1. The van der Waals surface area contributed by atoms with Gasteiger partial charge in [0.25, 0.3) is 0 Å². The molecule has 0 N–H and O–H groups in total. The van der Waals surface area contributed by atoms with Crippen LogP contribution in [0.5, 0.6) is 0 Å². The smallest absolute Gasteiger partial charge is 0.228 e. The van der Waals surface area contributed by atoms with Crippen LogP contribution in [-0.2, 0) is 16.1 Å². The molecule has 1 aliphatic carbocycles. The maximum Gasteiger partial charge on any atom is 0.228 e. The zero-order chi connectivity index (χ0) is 15.1. The minimum atomic E-state index is 0.0185. The Labute approximate surface area is 130 Å². The molecule has 5 heteroatoms. The van der Waals surface area contributed by atoms with Gasteiger partial charge >= 0.3 is 0 Å². The maximum absolute atomic E-state index is 12.6. The summed E-state index contributed by atoms with van der Waals surface area (Å²) in [5.41, 5.74) is 1.12. The van der Waals surface area contributed by atoms with Crippen LogP contribution in [0.4, 0.5) is 0 Å². The summed E-state index contributed by atoms with van der Waals surface area (Å²) in [4.78, 5) is 32.6. The second-order valence-corrected chi connectivity index (χ2v) is 6.89. The first-order chi connectivity index (χ1) is 10.7. The molecule has 1 saturated carbocycles. The van der Waals surface area contributed by atoms with Crippen molar-refractivity contribution in [2.45, 2.75) is 25.8 Å². The Bertz CT molecular complexity index is 585. The number of likely N-dealkylation sites (tertiary alicyclic amines) is 2. The van der Waals surface area contributed by atoms with E-state index in [0.717, 1.165) is 18.7 Å². The van der Waals surface area contributed by atoms with Gasteiger partial charge < -0.3 is 9.80 Å². The topological polar surface area (TPSA) is 53.5 Å². The maximum atomic E-state index is 12.6. The van der Waals surface area contributed by atoms with E-state index in [0.29, 0.717) is 31.3 Å². The van der Waals surface area contributed by atoms with Crippen molar-refractivity contribution in [2.75, 3.05) is 19.6 Å². The summed E-state index contributed by atoms with van der Waals surface area (Å²) < 4.78 is 0. The monoisotopic (exact) mass is 299 g/mol. The Balaban J connectivity index is 1.36. The molecule has 116 valence electrons. The van der Waals surface area contributed by atoms with Crippen LogP contribution in [0.2, 0.25) is 0 Å². The highest BCUT2D eigenvalue weighted by Gasteiger charge is 2.47. The third-order valence-electron chi connectivity index (χ3n) is 5.16. The minimum absolute atomic E-state index is 0.0185. The summed E-state index contributed by atoms with van der Waals surface area (Å²) in [5.74, 6) is 1.42. The van der Waals surface area contributed by atoms with Crippen molar-refractivity contribution >= 4 is 11.8 Å². The van der Waals surface area contributed by atoms with Crippen LogP contribution in [0.25, 0.3) is 0 Å². The quantitative estimate of drug-likeness (QED) is 0.842. The lowest BCUT2D eigenvalue weighted by Gasteiger charge is -2.22. The van der Waals surface area contributed by atoms with Crippen LogP contribution in [0.15, 0.2) is 24.5 Å². The third-order valence-corrected chi connectivity index (χ3v) is 5.16. The van der Waals surface area contributed by atoms with Crippen molar-refractivity contribution in [3.8, 4) is 0 Å². The van der Waals surface area contributed by atoms with E-state index in [1.807, 2.05) is 21.9 Å². The third kappa shape index (κ3) is 2.60. The van der Waals surface area contributed by atoms with Crippen LogP contribution in [-0.4, -0.2) is 46.2 Å². The van der Waals surface area contributed by atoms with Gasteiger partial charge in [-0.1, -0.05) is 0 Å². The number of aromatic nitrogens is 1. The summed E-state index contributed by atoms with van der Waals surface area (Å²) in [5, 5.41) is 0. The van der Waals surface area contributed by atoms with Crippen molar-refractivity contribution in [3.63, 3.8) is 0 Å². The summed E-state index contributed by atoms with van der Waals surface area (Å²) in [6.45, 7) is 2.82. The molecule has 2 saturated heterocycles. The van der Waals surface area contributed by atoms with Gasteiger partial charge in [-0.05, 0) is 36.5 Å². The van der Waals surface area contributed by atoms with E-state index in [4.69, 9.17) is 0 Å². The highest BCUT2D eigenvalue weighted by molar-refractivity contribution is 5.84. The molecule has 0 spiro atoms. The van der Waals surface area contributed by atoms with E-state index in [2.05, 4.69) is 4.98 Å². The Hall–Kier alpha value is -1.91. The first-order valence-corrected chi connectivity index (χ1v) is 8.16. The fraction of sp³-hybridized carbons (Fsp3) is 0.588. The lowest BCUT2D eigenvalue weighted by molar-refractivity contribution is -0.133. The van der Waals surface area contributed by atoms with Gasteiger partial charge in [0.05, 0.1) is 5.92 Å². The predicted molar refractivity (Wildman–Crippen MR) is 80.6 cm³/mol. The van der Waals surface area contributed by atoms with Crippen molar-refractivity contribution < 1.29 is 9.59 Å². The minimum Gasteiger partial charge on any atom is -0.342 e. The molecule has 22 heavy (non-hydrogen) atoms. The number of carbonyl (C=O) groups is 2. The summed E-state index contributed by atoms with van der Waals surface area (Å²) >= 11 is 0. The first kappa shape index (κ1) is 13.7. The molecule has 0 unspecified atom stereocenters. The second-order valence-electron chi connectivity index (χ2n) is 6.89. The van der Waals surface area contributed by atoms with E-state index in [9.17, 15) is 9.59 Å². The van der Waals surface area contributed by atoms with Gasteiger partial charge in [0, 0.05) is 50.9 Å². The molecular formula is C17H21N3O2. The van der Waals surface area contributed by atoms with Gasteiger partial charge in [-0.2, -0.15) is 0 Å². The van der Waals surface area contributed by atoms with Gasteiger partial charge in [0.2, 0.25) is 11.8 Å². The number of carbonyl (C=O) groups excluding carboxylic acids is 2. The normalized spacial score (nSPS) is 27.4. The number of hydrogen-bond acceptors (Lipinski definition) is 3. The highest BCUT2D eigenvalue weighted by Crippen LogP contribution is 2.36. The average Bonchev–Trinajstić information content (AvgIpc) is 3.16. The number of nitrogens with zero attached hydrogens (tertiary/aromatic N) is 3. The standard InChI is InChI=1S/C17H21N3O2/c21-16(7-12-1-2-12)19-9-14-10-20(17(22)15(14)11-19)8-13-3-5-18-6-4-13/h3-6,12,14-15H,1-2,7-11H2/t14-,15-/m1/s1. The molecule has 1 aromatic heterocycles. The van der Waals surface area contributed by atoms with Crippen LogP contribution < -0.4 is 0 Å². The molecule has 3 heterocycles. The zero-order valence-electron chi connectivity index (χ0n) is 12.6. The van der Waals surface area contributed by atoms with Gasteiger partial charge in [0.15, 0.2) is 0 Å². The zero-order valence-corrected chi connectivity index (χ0v) is 12.6. The van der Waals surface area contributed by atoms with Gasteiger partial charge in [0.1, 0.15) is 0 Å². The lowest BCUT2D eigenvalue weighted by Crippen LogP contribution is -2.35. The summed E-state index contributed by atoms with van der Waals surface area (Å²) in [6.07, 6.45) is 6.61. The Morgan fingerprint density at radius 1 is 1.18 bits per heavy atom. The SMILES string of the molecule is O=C(CC1CC1)N1C[C@@H]2CN(Cc3ccncc3)C(=O)[C@@H]2C1. The van der Waals surface area contributed by atoms with Crippen LogP contribution >= 0.6 is 0 Å². The molecule has 0 bridgehead atoms. The molecule has 3 fully saturated rings. The van der Waals surface area contributed by atoms with E-state index < -0.39 is 0 Å². The molecule has 0 radical (unpaired) electrons. The predicted octanol–water partition coefficient (Wildman–Crippen LogP) is 1.30. The first-order valence-electron chi connectivity index (χ1n) is 8.16. The van der Waals surface area contributed by atoms with Crippen LogP contribution in [0.3, 0.4) is 0 Å². The van der Waals surface area contributed by atoms with E-state index in [-0.39, 0.29) is 17.7 Å². The van der Waals surface area contributed by atoms with Gasteiger partial charge in [-0.25, -0.2) is 0 Å². The molecule has 2 amide bonds. The molecule has 3 aliphatic rings. The largest absolute Gasteiger partial charge is 0.342 e. The molecule has 1 aromatic rings. The Kier molecular flexibility index (Phi) is 3.36. The fourth-order valence-corrected chi connectivity index (χ4v) is 3.70. The molecule has 4 rings (SSSR count). The van der Waals surface area contributed by atoms with Crippen molar-refractivity contribution in [2.24, 2.45) is 17.8 Å². The average molecular weight is 299 g/mol. The van der Waals surface area contributed by atoms with Crippen molar-refractivity contribution in [3.05, 3.63) is 30.1 Å². The molecule has 0 aromatic carbocycles. The Morgan fingerprint density at radius 2 is 1.95 bits per heavy atom. The fourth-order valence-electron chi connectivity index (χ4n) is 3.70. The number of rotatable bonds is 4. The second kappa shape index (κ2) is 5.38. The molecule has 5 nitrogen and oxygen atoms in total. The number of amides is 2. The van der Waals surface area contributed by atoms with Crippen LogP contribution in [0, 0.1) is 17.8 Å². The van der Waals surface area contributed by atoms with Gasteiger partial charge in [-0.15, -0.1) is 0 Å². The number of fused-ring (bicyclic) bond motifs is 1. The van der Waals surface area contributed by atoms with Crippen LogP contribution in [0.1, 0.15) is 24.8 Å². The summed E-state index contributed by atoms with van der Waals surface area (Å²) in [6, 6.07) is 3.90. The summed E-state index contributed by atoms with van der Waals surface area (Å²) in [7, 11) is 0. The van der Waals surface area contributed by atoms with E-state index >= 15 is 0 Å². The van der Waals surface area contributed by atoms with Gasteiger partial charge in [-0.3, -0.25) is 14.6 Å². The van der Waals surface area contributed by atoms with E-state index in [1.54, 1.807) is 12.4 Å². The van der Waals surface area contributed by atoms with Crippen molar-refractivity contribution in [1.29, 1.82) is 0 Å². The van der Waals surface area contributed by atoms with Crippen molar-refractivity contribution in [1.82, 2.24) is 14.8 Å². The molecule has 2 aliphatic heterocycles. The number of hydrogen-bond donors (Lipinski definition) is 0. The highest BCUT2D eigenvalue weighted by atomic mass is 16.2.